The highest BCUT2D eigenvalue weighted by Crippen LogP contribution is 2.42. The number of methoxy groups -OCH3 is 1. The van der Waals surface area contributed by atoms with Crippen LogP contribution in [0.25, 0.3) is 16.6 Å². The van der Waals surface area contributed by atoms with Gasteiger partial charge >= 0.3 is 17.7 Å². The van der Waals surface area contributed by atoms with Gasteiger partial charge in [-0.05, 0) is 55.0 Å². The first-order valence-electron chi connectivity index (χ1n) is 9.95. The topological polar surface area (TPSA) is 68.5 Å². The van der Waals surface area contributed by atoms with Crippen molar-refractivity contribution in [1.29, 1.82) is 0 Å². The summed E-state index contributed by atoms with van der Waals surface area (Å²) >= 11 is 12.1. The maximum absolute atomic E-state index is 13.5. The smallest absolute Gasteiger partial charge is 0.416 e. The molecule has 0 amide bonds. The Bertz CT molecular complexity index is 1400. The lowest BCUT2D eigenvalue weighted by Gasteiger charge is -2.19. The molecule has 5 nitrogen and oxygen atoms in total. The molecule has 1 N–H and O–H groups in total. The number of halogens is 5. The molecule has 0 radical (unpaired) electrons. The van der Waals surface area contributed by atoms with E-state index in [0.29, 0.717) is 33.6 Å². The molecule has 0 saturated heterocycles. The number of aliphatic hydroxyl groups is 1. The molecule has 0 fully saturated rings. The third-order valence-corrected chi connectivity index (χ3v) is 6.08. The standard InChI is InChI=1S/C24H18Cl2F3NO2.O2S/c1-13-10-14(24(27,28)29)11-18-16(13)12-19(30(18)15-6-4-3-5-7-15)23(31)21-17(25)8-9-20(32-2)22(21)26;1-3-2/h3-12,23,31H,1-2H3;. The van der Waals surface area contributed by atoms with Crippen molar-refractivity contribution in [2.75, 3.05) is 7.11 Å². The first-order chi connectivity index (χ1) is 16.5. The number of alkyl halides is 3. The maximum Gasteiger partial charge on any atom is 0.416 e. The Morgan fingerprint density at radius 1 is 1.03 bits per heavy atom. The number of aryl methyl sites for hydroxylation is 1. The number of ether oxygens (including phenoxy) is 1. The van der Waals surface area contributed by atoms with Crippen molar-refractivity contribution in [2.45, 2.75) is 19.2 Å². The molecule has 1 atom stereocenters. The number of para-hydroxylation sites is 1. The van der Waals surface area contributed by atoms with Crippen LogP contribution in [-0.2, 0) is 17.7 Å². The van der Waals surface area contributed by atoms with Crippen LogP contribution in [0.1, 0.15) is 28.5 Å². The number of fused-ring (bicyclic) bond motifs is 1. The zero-order valence-corrected chi connectivity index (χ0v) is 20.6. The zero-order chi connectivity index (χ0) is 25.9. The van der Waals surface area contributed by atoms with Gasteiger partial charge in [-0.2, -0.15) is 21.6 Å². The van der Waals surface area contributed by atoms with Gasteiger partial charge in [0.1, 0.15) is 11.9 Å². The third-order valence-electron chi connectivity index (χ3n) is 5.36. The number of hydrogen-bond donors (Lipinski definition) is 1. The lowest BCUT2D eigenvalue weighted by atomic mass is 10.0. The van der Waals surface area contributed by atoms with Crippen molar-refractivity contribution < 1.29 is 31.4 Å². The van der Waals surface area contributed by atoms with Crippen molar-refractivity contribution in [3.05, 3.63) is 93.1 Å². The molecule has 11 heteroatoms. The number of rotatable bonds is 4. The van der Waals surface area contributed by atoms with E-state index in [-0.39, 0.29) is 15.6 Å². The summed E-state index contributed by atoms with van der Waals surface area (Å²) < 4.78 is 64.0. The summed E-state index contributed by atoms with van der Waals surface area (Å²) in [6.45, 7) is 1.61. The van der Waals surface area contributed by atoms with Gasteiger partial charge in [0.15, 0.2) is 0 Å². The molecule has 1 unspecified atom stereocenters. The summed E-state index contributed by atoms with van der Waals surface area (Å²) in [5.41, 5.74) is 1.10. The Kier molecular flexibility index (Phi) is 8.27. The first-order valence-corrected chi connectivity index (χ1v) is 11.4. The molecule has 0 aliphatic carbocycles. The largest absolute Gasteiger partial charge is 0.495 e. The van der Waals surface area contributed by atoms with E-state index in [4.69, 9.17) is 36.4 Å². The van der Waals surface area contributed by atoms with Crippen molar-refractivity contribution in [3.8, 4) is 11.4 Å². The molecule has 0 saturated carbocycles. The van der Waals surface area contributed by atoms with Gasteiger partial charge < -0.3 is 14.4 Å². The minimum atomic E-state index is -4.51. The van der Waals surface area contributed by atoms with Crippen LogP contribution in [0.2, 0.25) is 10.0 Å². The van der Waals surface area contributed by atoms with E-state index in [1.807, 2.05) is 0 Å². The summed E-state index contributed by atoms with van der Waals surface area (Å²) in [5.74, 6) is 0.322. The quantitative estimate of drug-likeness (QED) is 0.311. The van der Waals surface area contributed by atoms with Crippen LogP contribution in [0.3, 0.4) is 0 Å². The zero-order valence-electron chi connectivity index (χ0n) is 18.3. The van der Waals surface area contributed by atoms with Crippen molar-refractivity contribution in [1.82, 2.24) is 4.57 Å². The van der Waals surface area contributed by atoms with E-state index in [0.717, 1.165) is 12.1 Å². The fraction of sp³-hybridized carbons (Fsp3) is 0.167. The lowest BCUT2D eigenvalue weighted by molar-refractivity contribution is -0.137. The molecule has 1 aromatic heterocycles. The van der Waals surface area contributed by atoms with Crippen LogP contribution in [0.15, 0.2) is 60.7 Å². The predicted molar refractivity (Wildman–Crippen MR) is 129 cm³/mol. The lowest BCUT2D eigenvalue weighted by Crippen LogP contribution is -2.10. The molecule has 0 bridgehead atoms. The Morgan fingerprint density at radius 2 is 1.66 bits per heavy atom. The highest BCUT2D eigenvalue weighted by atomic mass is 35.5. The first kappa shape index (κ1) is 26.7. The Balaban J connectivity index is 0.00000108. The second kappa shape index (κ2) is 10.8. The summed E-state index contributed by atoms with van der Waals surface area (Å²) in [6, 6.07) is 15.8. The van der Waals surface area contributed by atoms with Crippen molar-refractivity contribution in [2.24, 2.45) is 0 Å². The fourth-order valence-corrected chi connectivity index (χ4v) is 4.49. The van der Waals surface area contributed by atoms with Gasteiger partial charge in [-0.3, -0.25) is 0 Å². The molecule has 0 aliphatic rings. The van der Waals surface area contributed by atoms with Gasteiger partial charge in [-0.15, -0.1) is 0 Å². The minimum absolute atomic E-state index is 0.130. The van der Waals surface area contributed by atoms with E-state index in [1.165, 1.54) is 7.11 Å². The van der Waals surface area contributed by atoms with Crippen LogP contribution in [0, 0.1) is 6.92 Å². The average Bonchev–Trinajstić information content (AvgIpc) is 3.20. The monoisotopic (exact) mass is 543 g/mol. The van der Waals surface area contributed by atoms with E-state index < -0.39 is 29.4 Å². The predicted octanol–water partition coefficient (Wildman–Crippen LogP) is 6.68. The third kappa shape index (κ3) is 5.38. The number of nitrogens with zero attached hydrogens (tertiary/aromatic N) is 1. The van der Waals surface area contributed by atoms with Gasteiger partial charge in [0.05, 0.1) is 28.9 Å². The van der Waals surface area contributed by atoms with Gasteiger partial charge in [0, 0.05) is 21.7 Å². The normalized spacial score (nSPS) is 12.1. The van der Waals surface area contributed by atoms with E-state index >= 15 is 0 Å². The number of benzene rings is 3. The van der Waals surface area contributed by atoms with E-state index in [2.05, 4.69) is 0 Å². The number of aromatic nitrogens is 1. The minimum Gasteiger partial charge on any atom is -0.495 e. The second-order valence-electron chi connectivity index (χ2n) is 7.41. The molecule has 184 valence electrons. The van der Waals surface area contributed by atoms with Crippen LogP contribution < -0.4 is 4.74 Å². The Labute approximate surface area is 212 Å². The Morgan fingerprint density at radius 3 is 2.23 bits per heavy atom. The second-order valence-corrected chi connectivity index (χ2v) is 8.33. The summed E-state index contributed by atoms with van der Waals surface area (Å²) in [5, 5.41) is 12.3. The summed E-state index contributed by atoms with van der Waals surface area (Å²) in [4.78, 5) is 0. The molecule has 0 spiro atoms. The summed E-state index contributed by atoms with van der Waals surface area (Å²) in [7, 11) is 1.44. The number of aliphatic hydroxyl groups excluding tert-OH is 1. The average molecular weight is 544 g/mol. The van der Waals surface area contributed by atoms with Gasteiger partial charge in [0.2, 0.25) is 0 Å². The molecule has 4 rings (SSSR count). The molecule has 35 heavy (non-hydrogen) atoms. The van der Waals surface area contributed by atoms with Gasteiger partial charge in [-0.25, -0.2) is 0 Å². The molecule has 0 aliphatic heterocycles. The summed E-state index contributed by atoms with van der Waals surface area (Å²) in [6.07, 6.45) is -5.84. The van der Waals surface area contributed by atoms with Crippen LogP contribution in [-0.4, -0.2) is 25.2 Å². The maximum atomic E-state index is 13.5. The molecular formula is C24H18Cl2F3NO4S. The van der Waals surface area contributed by atoms with Gasteiger partial charge in [-0.1, -0.05) is 41.4 Å². The molecule has 1 heterocycles. The van der Waals surface area contributed by atoms with Crippen molar-refractivity contribution in [3.63, 3.8) is 0 Å². The van der Waals surface area contributed by atoms with Crippen LogP contribution in [0.5, 0.6) is 5.75 Å². The highest BCUT2D eigenvalue weighted by Gasteiger charge is 2.32. The molecular weight excluding hydrogens is 526 g/mol. The van der Waals surface area contributed by atoms with E-state index in [9.17, 15) is 18.3 Å². The molecule has 3 aromatic carbocycles. The number of hydrogen-bond acceptors (Lipinski definition) is 4. The van der Waals surface area contributed by atoms with Crippen LogP contribution >= 0.6 is 23.2 Å². The SMILES string of the molecule is COc1ccc(Cl)c(C(O)c2cc3c(C)cc(C(F)(F)F)cc3n2-c2ccccc2)c1Cl.O=S=O. The molecule has 4 aromatic rings. The fourth-order valence-electron chi connectivity index (χ4n) is 3.84. The Hall–Kier alpha value is -2.85. The highest BCUT2D eigenvalue weighted by molar-refractivity contribution is 7.51. The van der Waals surface area contributed by atoms with Crippen LogP contribution in [0.4, 0.5) is 13.2 Å². The van der Waals surface area contributed by atoms with Crippen molar-refractivity contribution >= 4 is 45.7 Å². The van der Waals surface area contributed by atoms with Gasteiger partial charge in [0.25, 0.3) is 0 Å². The van der Waals surface area contributed by atoms with E-state index in [1.54, 1.807) is 60.0 Å².